The monoisotopic (exact) mass is 295 g/mol. The van der Waals surface area contributed by atoms with Gasteiger partial charge in [0.05, 0.1) is 22.6 Å². The van der Waals surface area contributed by atoms with E-state index in [0.29, 0.717) is 13.1 Å². The summed E-state index contributed by atoms with van der Waals surface area (Å²) >= 11 is 1.57. The van der Waals surface area contributed by atoms with Gasteiger partial charge in [-0.25, -0.2) is 9.78 Å². The van der Waals surface area contributed by atoms with Crippen LogP contribution >= 0.6 is 11.3 Å². The summed E-state index contributed by atoms with van der Waals surface area (Å²) < 4.78 is 5.41. The lowest BCUT2D eigenvalue weighted by atomic mass is 10.0. The van der Waals surface area contributed by atoms with Crippen LogP contribution in [0.4, 0.5) is 4.79 Å². The summed E-state index contributed by atoms with van der Waals surface area (Å²) in [4.78, 5) is 19.2. The van der Waals surface area contributed by atoms with Crippen molar-refractivity contribution in [2.24, 2.45) is 5.73 Å². The van der Waals surface area contributed by atoms with Crippen molar-refractivity contribution in [1.29, 1.82) is 0 Å². The van der Waals surface area contributed by atoms with Gasteiger partial charge in [-0.15, -0.1) is 11.3 Å². The lowest BCUT2D eigenvalue weighted by Gasteiger charge is -2.32. The van der Waals surface area contributed by atoms with Gasteiger partial charge in [-0.2, -0.15) is 0 Å². The van der Waals surface area contributed by atoms with Crippen LogP contribution in [-0.2, 0) is 4.74 Å². The van der Waals surface area contributed by atoms with Crippen molar-refractivity contribution in [2.75, 3.05) is 13.1 Å². The van der Waals surface area contributed by atoms with E-state index < -0.39 is 5.60 Å². The Balaban J connectivity index is 2.15. The molecule has 2 heterocycles. The minimum Gasteiger partial charge on any atom is -0.444 e. The number of carbonyl (C=O) groups excluding carboxylic acids is 1. The fourth-order valence-electron chi connectivity index (χ4n) is 2.11. The molecule has 1 aliphatic rings. The standard InChI is InChI=1S/C14H21N3O2S/c1-9-12(20-8-16-9)10-5-11(15)7-17(6-10)13(18)19-14(2,3)4/h5,8,11H,6-7,15H2,1-4H3. The molecule has 0 fully saturated rings. The van der Waals surface area contributed by atoms with Gasteiger partial charge in [-0.05, 0) is 33.3 Å². The molecule has 1 amide bonds. The highest BCUT2D eigenvalue weighted by atomic mass is 32.1. The maximum absolute atomic E-state index is 12.2. The van der Waals surface area contributed by atoms with Gasteiger partial charge in [0.2, 0.25) is 0 Å². The molecule has 2 N–H and O–H groups in total. The molecule has 0 aromatic carbocycles. The van der Waals surface area contributed by atoms with Gasteiger partial charge in [0.1, 0.15) is 5.60 Å². The van der Waals surface area contributed by atoms with E-state index in [9.17, 15) is 4.79 Å². The third-order valence-corrected chi connectivity index (χ3v) is 3.90. The molecular weight excluding hydrogens is 274 g/mol. The molecule has 1 aliphatic heterocycles. The Labute approximate surface area is 123 Å². The Morgan fingerprint density at radius 1 is 1.55 bits per heavy atom. The topological polar surface area (TPSA) is 68.5 Å². The van der Waals surface area contributed by atoms with Crippen LogP contribution in [0, 0.1) is 6.92 Å². The predicted molar refractivity (Wildman–Crippen MR) is 80.6 cm³/mol. The first-order valence-corrected chi connectivity index (χ1v) is 7.49. The zero-order valence-corrected chi connectivity index (χ0v) is 13.2. The first-order chi connectivity index (χ1) is 9.26. The Kier molecular flexibility index (Phi) is 4.15. The quantitative estimate of drug-likeness (QED) is 0.864. The van der Waals surface area contributed by atoms with Crippen molar-refractivity contribution in [1.82, 2.24) is 9.88 Å². The molecule has 2 rings (SSSR count). The number of hydrogen-bond acceptors (Lipinski definition) is 5. The molecule has 0 saturated carbocycles. The van der Waals surface area contributed by atoms with Crippen molar-refractivity contribution >= 4 is 23.0 Å². The first-order valence-electron chi connectivity index (χ1n) is 6.61. The third-order valence-electron chi connectivity index (χ3n) is 2.90. The van der Waals surface area contributed by atoms with Gasteiger partial charge in [0.25, 0.3) is 0 Å². The molecule has 20 heavy (non-hydrogen) atoms. The minimum atomic E-state index is -0.497. The zero-order valence-electron chi connectivity index (χ0n) is 12.3. The zero-order chi connectivity index (χ0) is 14.9. The molecule has 1 unspecified atom stereocenters. The van der Waals surface area contributed by atoms with Crippen LogP contribution in [0.2, 0.25) is 0 Å². The van der Waals surface area contributed by atoms with Crippen LogP contribution in [0.1, 0.15) is 31.3 Å². The average molecular weight is 295 g/mol. The van der Waals surface area contributed by atoms with Gasteiger partial charge >= 0.3 is 6.09 Å². The summed E-state index contributed by atoms with van der Waals surface area (Å²) in [5.74, 6) is 0. The number of nitrogens with two attached hydrogens (primary N) is 1. The highest BCUT2D eigenvalue weighted by Crippen LogP contribution is 2.27. The van der Waals surface area contributed by atoms with Crippen molar-refractivity contribution < 1.29 is 9.53 Å². The van der Waals surface area contributed by atoms with Crippen molar-refractivity contribution in [2.45, 2.75) is 39.3 Å². The number of rotatable bonds is 1. The van der Waals surface area contributed by atoms with Gasteiger partial charge in [-0.1, -0.05) is 6.08 Å². The van der Waals surface area contributed by atoms with E-state index in [-0.39, 0.29) is 12.1 Å². The van der Waals surface area contributed by atoms with E-state index >= 15 is 0 Å². The average Bonchev–Trinajstić information content (AvgIpc) is 2.72. The SMILES string of the molecule is Cc1ncsc1C1=CC(N)CN(C(=O)OC(C)(C)C)C1. The Morgan fingerprint density at radius 3 is 2.80 bits per heavy atom. The van der Waals surface area contributed by atoms with E-state index in [2.05, 4.69) is 4.98 Å². The van der Waals surface area contributed by atoms with Gasteiger partial charge in [-0.3, -0.25) is 0 Å². The predicted octanol–water partition coefficient (Wildman–Crippen LogP) is 2.41. The van der Waals surface area contributed by atoms with Crippen molar-refractivity contribution in [3.05, 3.63) is 22.2 Å². The highest BCUT2D eigenvalue weighted by Gasteiger charge is 2.28. The van der Waals surface area contributed by atoms with Crippen LogP contribution in [0.15, 0.2) is 11.6 Å². The highest BCUT2D eigenvalue weighted by molar-refractivity contribution is 7.10. The van der Waals surface area contributed by atoms with Gasteiger partial charge < -0.3 is 15.4 Å². The Morgan fingerprint density at radius 2 is 2.25 bits per heavy atom. The van der Waals surface area contributed by atoms with E-state index in [0.717, 1.165) is 16.1 Å². The number of hydrogen-bond donors (Lipinski definition) is 1. The van der Waals surface area contributed by atoms with Crippen molar-refractivity contribution in [3.8, 4) is 0 Å². The van der Waals surface area contributed by atoms with Crippen LogP contribution in [-0.4, -0.2) is 40.7 Å². The number of amides is 1. The molecule has 6 heteroatoms. The molecule has 5 nitrogen and oxygen atoms in total. The van der Waals surface area contributed by atoms with E-state index in [1.165, 1.54) is 0 Å². The number of ether oxygens (including phenoxy) is 1. The molecule has 0 saturated heterocycles. The summed E-state index contributed by atoms with van der Waals surface area (Å²) in [5.41, 5.74) is 9.37. The number of nitrogens with zero attached hydrogens (tertiary/aromatic N) is 2. The van der Waals surface area contributed by atoms with Gasteiger partial charge in [0.15, 0.2) is 0 Å². The third kappa shape index (κ3) is 3.58. The molecule has 0 bridgehead atoms. The molecule has 0 spiro atoms. The lowest BCUT2D eigenvalue weighted by Crippen LogP contribution is -2.46. The summed E-state index contributed by atoms with van der Waals surface area (Å²) in [6.07, 6.45) is 1.70. The smallest absolute Gasteiger partial charge is 0.410 e. The number of thiazole rings is 1. The molecule has 0 aliphatic carbocycles. The summed E-state index contributed by atoms with van der Waals surface area (Å²) in [5, 5.41) is 0. The minimum absolute atomic E-state index is 0.173. The van der Waals surface area contributed by atoms with E-state index in [1.54, 1.807) is 16.2 Å². The molecule has 0 radical (unpaired) electrons. The number of aryl methyl sites for hydroxylation is 1. The molecule has 110 valence electrons. The normalized spacial score (nSPS) is 19.8. The second kappa shape index (κ2) is 5.54. The molecule has 1 aromatic heterocycles. The summed E-state index contributed by atoms with van der Waals surface area (Å²) in [7, 11) is 0. The Bertz CT molecular complexity index is 531. The van der Waals surface area contributed by atoms with Crippen LogP contribution in [0.5, 0.6) is 0 Å². The fraction of sp³-hybridized carbons (Fsp3) is 0.571. The second-order valence-corrected chi connectivity index (χ2v) is 6.84. The first kappa shape index (κ1) is 15.0. The van der Waals surface area contributed by atoms with Crippen molar-refractivity contribution in [3.63, 3.8) is 0 Å². The van der Waals surface area contributed by atoms with E-state index in [4.69, 9.17) is 10.5 Å². The molecule has 1 atom stereocenters. The van der Waals surface area contributed by atoms with Gasteiger partial charge in [0, 0.05) is 12.6 Å². The summed E-state index contributed by atoms with van der Waals surface area (Å²) in [6.45, 7) is 8.54. The largest absolute Gasteiger partial charge is 0.444 e. The maximum Gasteiger partial charge on any atom is 0.410 e. The molecule has 1 aromatic rings. The number of carbonyl (C=O) groups is 1. The van der Waals surface area contributed by atoms with Crippen LogP contribution in [0.25, 0.3) is 5.57 Å². The molecular formula is C14H21N3O2S. The summed E-state index contributed by atoms with van der Waals surface area (Å²) in [6, 6.07) is -0.173. The maximum atomic E-state index is 12.2. The number of aromatic nitrogens is 1. The van der Waals surface area contributed by atoms with Crippen LogP contribution < -0.4 is 5.73 Å². The van der Waals surface area contributed by atoms with E-state index in [1.807, 2.05) is 39.3 Å². The fourth-order valence-corrected chi connectivity index (χ4v) is 2.94. The lowest BCUT2D eigenvalue weighted by molar-refractivity contribution is 0.0265. The Hall–Kier alpha value is -1.40. The van der Waals surface area contributed by atoms with Crippen LogP contribution in [0.3, 0.4) is 0 Å². The second-order valence-electron chi connectivity index (χ2n) is 5.98.